The Morgan fingerprint density at radius 1 is 0.509 bits per heavy atom. The van der Waals surface area contributed by atoms with Crippen molar-refractivity contribution in [1.29, 1.82) is 0 Å². The fourth-order valence-corrected chi connectivity index (χ4v) is 4.80. The van der Waals surface area contributed by atoms with Crippen molar-refractivity contribution in [3.8, 4) is 0 Å². The number of primary amides is 2. The molecular weight excluding hydrogens is 720 g/mol. The van der Waals surface area contributed by atoms with Gasteiger partial charge in [0.1, 0.15) is 19.3 Å². The second kappa shape index (κ2) is 35.8. The van der Waals surface area contributed by atoms with Crippen molar-refractivity contribution < 1.29 is 52.5 Å². The number of hydrogen-bond donors (Lipinski definition) is 8. The highest BCUT2D eigenvalue weighted by atomic mass is 16.5. The van der Waals surface area contributed by atoms with Crippen molar-refractivity contribution >= 4 is 41.4 Å². The van der Waals surface area contributed by atoms with E-state index in [2.05, 4.69) is 26.6 Å². The summed E-state index contributed by atoms with van der Waals surface area (Å²) in [5.74, 6) is -2.24. The number of unbranched alkanes of at least 4 members (excludes halogenated alkanes) is 4. The van der Waals surface area contributed by atoms with Gasteiger partial charge in [0.2, 0.25) is 41.4 Å². The average Bonchev–Trinajstić information content (AvgIpc) is 3.14. The predicted molar refractivity (Wildman–Crippen MR) is 204 cm³/mol. The van der Waals surface area contributed by atoms with Gasteiger partial charge >= 0.3 is 0 Å². The van der Waals surface area contributed by atoms with Crippen molar-refractivity contribution in [2.75, 3.05) is 85.6 Å². The molecule has 0 aliphatic heterocycles. The minimum atomic E-state index is -0.691. The van der Waals surface area contributed by atoms with Crippen molar-refractivity contribution in [2.45, 2.75) is 96.4 Å². The van der Waals surface area contributed by atoms with Crippen LogP contribution in [0.25, 0.3) is 0 Å². The average molecular weight is 789 g/mol. The Bertz CT molecular complexity index is 1100. The van der Waals surface area contributed by atoms with E-state index >= 15 is 0 Å². The first kappa shape index (κ1) is 51.1. The van der Waals surface area contributed by atoms with Gasteiger partial charge in [0.05, 0.1) is 39.6 Å². The van der Waals surface area contributed by atoms with E-state index < -0.39 is 6.04 Å². The van der Waals surface area contributed by atoms with Gasteiger partial charge in [-0.3, -0.25) is 33.6 Å². The Morgan fingerprint density at radius 3 is 1.64 bits per heavy atom. The molecule has 55 heavy (non-hydrogen) atoms. The van der Waals surface area contributed by atoms with Gasteiger partial charge in [-0.15, -0.1) is 0 Å². The van der Waals surface area contributed by atoms with E-state index in [0.717, 1.165) is 25.7 Å². The molecule has 2 atom stereocenters. The molecule has 0 aromatic heterocycles. The summed E-state index contributed by atoms with van der Waals surface area (Å²) in [6, 6.07) is -0.691. The topological polar surface area (TPSA) is 295 Å². The maximum atomic E-state index is 12.7. The van der Waals surface area contributed by atoms with Crippen LogP contribution in [0.3, 0.4) is 0 Å². The summed E-state index contributed by atoms with van der Waals surface area (Å²) >= 11 is 0. The third-order valence-corrected chi connectivity index (χ3v) is 8.02. The first-order valence-corrected chi connectivity index (χ1v) is 19.4. The van der Waals surface area contributed by atoms with Gasteiger partial charge in [-0.2, -0.15) is 0 Å². The molecule has 0 bridgehead atoms. The standard InChI is InChI=1S/C36H68N8O11/c1-28(35(39)50)10-5-8-17-43-36(51)29(11-4-6-15-37)44-32(47)14-9-13-31(46)41-18-20-52-22-25-55-27-34(49)42-19-21-53-23-24-54-26-33(48)40-16-7-2-3-12-30(38)45/h28-29H,2-27,37H2,1H3,(H2,38,45)(H2,39,50)(H,40,48)(H,41,46)(H,42,49)(H,43,51)(H,44,47)/t28-,29-/m0/s1. The van der Waals surface area contributed by atoms with Crippen molar-refractivity contribution in [3.63, 3.8) is 0 Å². The number of carbonyl (C=O) groups is 7. The molecule has 0 heterocycles. The summed E-state index contributed by atoms with van der Waals surface area (Å²) < 4.78 is 21.3. The molecule has 0 radical (unpaired) electrons. The summed E-state index contributed by atoms with van der Waals surface area (Å²) in [6.07, 6.45) is 7.11. The molecule has 318 valence electrons. The molecule has 0 aliphatic carbocycles. The van der Waals surface area contributed by atoms with Crippen LogP contribution in [0.2, 0.25) is 0 Å². The normalized spacial score (nSPS) is 12.0. The van der Waals surface area contributed by atoms with Crippen LogP contribution in [0.5, 0.6) is 0 Å². The minimum Gasteiger partial charge on any atom is -0.377 e. The Kier molecular flexibility index (Phi) is 33.2. The second-order valence-electron chi connectivity index (χ2n) is 13.0. The number of nitrogens with two attached hydrogens (primary N) is 3. The van der Waals surface area contributed by atoms with E-state index in [1.165, 1.54) is 0 Å². The summed E-state index contributed by atoms with van der Waals surface area (Å²) in [5.41, 5.74) is 15.9. The fraction of sp³-hybridized carbons (Fsp3) is 0.806. The lowest BCUT2D eigenvalue weighted by Gasteiger charge is -2.18. The van der Waals surface area contributed by atoms with E-state index in [0.29, 0.717) is 64.6 Å². The lowest BCUT2D eigenvalue weighted by atomic mass is 10.0. The van der Waals surface area contributed by atoms with Crippen LogP contribution in [0.15, 0.2) is 0 Å². The molecule has 0 aliphatic rings. The molecule has 7 amide bonds. The van der Waals surface area contributed by atoms with Crippen LogP contribution >= 0.6 is 0 Å². The van der Waals surface area contributed by atoms with Crippen LogP contribution in [0.4, 0.5) is 0 Å². The second-order valence-corrected chi connectivity index (χ2v) is 13.0. The number of carbonyl (C=O) groups excluding carboxylic acids is 7. The van der Waals surface area contributed by atoms with Crippen LogP contribution in [-0.2, 0) is 52.5 Å². The molecule has 0 saturated heterocycles. The van der Waals surface area contributed by atoms with Gasteiger partial charge in [0, 0.05) is 51.4 Å². The lowest BCUT2D eigenvalue weighted by Crippen LogP contribution is -2.47. The van der Waals surface area contributed by atoms with Gasteiger partial charge in [-0.05, 0) is 57.9 Å². The molecule has 0 aromatic carbocycles. The quantitative estimate of drug-likeness (QED) is 0.0337. The molecule has 0 rings (SSSR count). The monoisotopic (exact) mass is 789 g/mol. The van der Waals surface area contributed by atoms with E-state index in [1.54, 1.807) is 6.92 Å². The number of amides is 7. The maximum absolute atomic E-state index is 12.7. The Labute approximate surface area is 325 Å². The number of nitrogens with one attached hydrogen (secondary N) is 5. The SMILES string of the molecule is C[C@@H](CCCCNC(=O)[C@H](CCCCN)NC(=O)CCCC(=O)NCCOCCOCC(=O)NCCOCCOCC(=O)NCCCCCC(N)=O)C(N)=O. The number of rotatable bonds is 38. The van der Waals surface area contributed by atoms with Crippen LogP contribution in [0.1, 0.15) is 90.4 Å². The molecule has 0 aromatic rings. The minimum absolute atomic E-state index is 0.0776. The summed E-state index contributed by atoms with van der Waals surface area (Å²) in [4.78, 5) is 82.8. The molecule has 0 saturated carbocycles. The summed E-state index contributed by atoms with van der Waals surface area (Å²) in [7, 11) is 0. The molecule has 11 N–H and O–H groups in total. The van der Waals surface area contributed by atoms with Gasteiger partial charge in [0.15, 0.2) is 0 Å². The van der Waals surface area contributed by atoms with Gasteiger partial charge in [-0.1, -0.05) is 19.8 Å². The Hall–Kier alpha value is -3.91. The highest BCUT2D eigenvalue weighted by molar-refractivity contribution is 5.87. The van der Waals surface area contributed by atoms with Crippen molar-refractivity contribution in [3.05, 3.63) is 0 Å². The van der Waals surface area contributed by atoms with Crippen LogP contribution in [0, 0.1) is 5.92 Å². The number of hydrogen-bond acceptors (Lipinski definition) is 12. The molecule has 0 spiro atoms. The zero-order valence-corrected chi connectivity index (χ0v) is 32.8. The molecule has 19 nitrogen and oxygen atoms in total. The predicted octanol–water partition coefficient (Wildman–Crippen LogP) is -1.36. The summed E-state index contributed by atoms with van der Waals surface area (Å²) in [5, 5.41) is 13.7. The smallest absolute Gasteiger partial charge is 0.246 e. The zero-order chi connectivity index (χ0) is 40.9. The Balaban J connectivity index is 3.81. The largest absolute Gasteiger partial charge is 0.377 e. The fourth-order valence-electron chi connectivity index (χ4n) is 4.80. The highest BCUT2D eigenvalue weighted by Gasteiger charge is 2.20. The molecule has 0 unspecified atom stereocenters. The number of ether oxygens (including phenoxy) is 4. The third-order valence-electron chi connectivity index (χ3n) is 8.02. The molecule has 19 heteroatoms. The van der Waals surface area contributed by atoms with Gasteiger partial charge < -0.3 is 62.7 Å². The van der Waals surface area contributed by atoms with Gasteiger partial charge in [-0.25, -0.2) is 0 Å². The lowest BCUT2D eigenvalue weighted by molar-refractivity contribution is -0.129. The van der Waals surface area contributed by atoms with Gasteiger partial charge in [0.25, 0.3) is 0 Å². The van der Waals surface area contributed by atoms with Crippen molar-refractivity contribution in [2.24, 2.45) is 23.1 Å². The highest BCUT2D eigenvalue weighted by Crippen LogP contribution is 2.07. The van der Waals surface area contributed by atoms with E-state index in [9.17, 15) is 33.6 Å². The molecular formula is C36H68N8O11. The molecule has 0 fully saturated rings. The first-order chi connectivity index (χ1) is 26.5. The van der Waals surface area contributed by atoms with Crippen LogP contribution in [-0.4, -0.2) is 133 Å². The van der Waals surface area contributed by atoms with Crippen LogP contribution < -0.4 is 43.8 Å². The van der Waals surface area contributed by atoms with E-state index in [1.807, 2.05) is 0 Å². The third kappa shape index (κ3) is 34.3. The van der Waals surface area contributed by atoms with E-state index in [-0.39, 0.29) is 126 Å². The summed E-state index contributed by atoms with van der Waals surface area (Å²) in [6.45, 7) is 4.97. The first-order valence-electron chi connectivity index (χ1n) is 19.4. The van der Waals surface area contributed by atoms with E-state index in [4.69, 9.17) is 36.1 Å². The Morgan fingerprint density at radius 2 is 1.04 bits per heavy atom. The van der Waals surface area contributed by atoms with Crippen molar-refractivity contribution in [1.82, 2.24) is 26.6 Å². The zero-order valence-electron chi connectivity index (χ0n) is 32.8. The maximum Gasteiger partial charge on any atom is 0.246 e.